The van der Waals surface area contributed by atoms with Gasteiger partial charge in [-0.2, -0.15) is 0 Å². The van der Waals surface area contributed by atoms with Crippen LogP contribution in [0.25, 0.3) is 0 Å². The Morgan fingerprint density at radius 1 is 1.13 bits per heavy atom. The van der Waals surface area contributed by atoms with E-state index >= 15 is 0 Å². The highest BCUT2D eigenvalue weighted by Gasteiger charge is 2.51. The molecule has 0 radical (unpaired) electrons. The molecule has 2 saturated heterocycles. The predicted molar refractivity (Wildman–Crippen MR) is 85.2 cm³/mol. The molecule has 0 saturated carbocycles. The second-order valence-corrected chi connectivity index (χ2v) is 6.08. The van der Waals surface area contributed by atoms with Crippen molar-refractivity contribution < 1.29 is 23.7 Å². The van der Waals surface area contributed by atoms with E-state index in [-0.39, 0.29) is 30.9 Å². The number of unbranched alkanes of at least 4 members (excludes halogenated alkanes) is 1. The highest BCUT2D eigenvalue weighted by atomic mass is 16.8. The fourth-order valence-electron chi connectivity index (χ4n) is 3.23. The monoisotopic (exact) mass is 322 g/mol. The number of para-hydroxylation sites is 1. The summed E-state index contributed by atoms with van der Waals surface area (Å²) in [6.45, 7) is 4.54. The van der Waals surface area contributed by atoms with E-state index in [4.69, 9.17) is 23.7 Å². The van der Waals surface area contributed by atoms with Crippen molar-refractivity contribution in [3.63, 3.8) is 0 Å². The van der Waals surface area contributed by atoms with Gasteiger partial charge in [0.05, 0.1) is 19.8 Å². The maximum absolute atomic E-state index is 6.19. The molecule has 0 spiro atoms. The van der Waals surface area contributed by atoms with Crippen LogP contribution in [0.5, 0.6) is 5.75 Å². The first-order valence-corrected chi connectivity index (χ1v) is 8.42. The summed E-state index contributed by atoms with van der Waals surface area (Å²) in [5.41, 5.74) is 1.03. The van der Waals surface area contributed by atoms with Gasteiger partial charge in [0.15, 0.2) is 12.6 Å². The molecule has 5 heteroatoms. The van der Waals surface area contributed by atoms with Gasteiger partial charge >= 0.3 is 0 Å². The van der Waals surface area contributed by atoms with Gasteiger partial charge in [-0.3, -0.25) is 0 Å². The number of methoxy groups -OCH3 is 1. The first kappa shape index (κ1) is 16.7. The summed E-state index contributed by atoms with van der Waals surface area (Å²) >= 11 is 0. The minimum Gasteiger partial charge on any atom is -0.496 e. The lowest BCUT2D eigenvalue weighted by atomic mass is 10.0. The Balaban J connectivity index is 1.67. The molecule has 5 nitrogen and oxygen atoms in total. The molecule has 0 amide bonds. The van der Waals surface area contributed by atoms with Crippen LogP contribution in [0.4, 0.5) is 0 Å². The molecule has 1 aromatic carbocycles. The number of benzene rings is 1. The first-order valence-electron chi connectivity index (χ1n) is 8.42. The van der Waals surface area contributed by atoms with E-state index in [0.29, 0.717) is 6.61 Å². The summed E-state index contributed by atoms with van der Waals surface area (Å²) in [4.78, 5) is 0. The van der Waals surface area contributed by atoms with E-state index in [0.717, 1.165) is 30.6 Å². The van der Waals surface area contributed by atoms with Gasteiger partial charge in [-0.15, -0.1) is 0 Å². The summed E-state index contributed by atoms with van der Waals surface area (Å²) < 4.78 is 29.1. The maximum atomic E-state index is 6.19. The molecule has 2 heterocycles. The Bertz CT molecular complexity index is 506. The third kappa shape index (κ3) is 3.69. The second kappa shape index (κ2) is 7.62. The second-order valence-electron chi connectivity index (χ2n) is 6.08. The van der Waals surface area contributed by atoms with Gasteiger partial charge in [0, 0.05) is 5.56 Å². The average Bonchev–Trinajstić information content (AvgIpc) is 3.07. The predicted octanol–water partition coefficient (Wildman–Crippen LogP) is 3.26. The van der Waals surface area contributed by atoms with Crippen molar-refractivity contribution in [3.8, 4) is 5.75 Å². The lowest BCUT2D eigenvalue weighted by Crippen LogP contribution is -2.35. The van der Waals surface area contributed by atoms with Gasteiger partial charge in [0.1, 0.15) is 18.0 Å². The van der Waals surface area contributed by atoms with Crippen LogP contribution < -0.4 is 4.74 Å². The van der Waals surface area contributed by atoms with E-state index in [2.05, 4.69) is 6.92 Å². The third-order valence-electron chi connectivity index (χ3n) is 4.41. The largest absolute Gasteiger partial charge is 0.496 e. The number of fused-ring (bicyclic) bond motifs is 1. The highest BCUT2D eigenvalue weighted by molar-refractivity contribution is 5.32. The Hall–Kier alpha value is -1.14. The SMILES string of the molecule is CCCC[C@H]1O[C@@H]2OC(C)O[C@@H]2[C@H]1OCc1ccccc1OC. The average molecular weight is 322 g/mol. The zero-order valence-electron chi connectivity index (χ0n) is 14.1. The molecule has 0 aromatic heterocycles. The molecule has 2 aliphatic heterocycles. The fraction of sp³-hybridized carbons (Fsp3) is 0.667. The molecule has 23 heavy (non-hydrogen) atoms. The van der Waals surface area contributed by atoms with Gasteiger partial charge in [-0.1, -0.05) is 38.0 Å². The molecule has 1 unspecified atom stereocenters. The normalized spacial score (nSPS) is 32.9. The molecule has 3 rings (SSSR count). The van der Waals surface area contributed by atoms with Crippen molar-refractivity contribution in [2.75, 3.05) is 7.11 Å². The summed E-state index contributed by atoms with van der Waals surface area (Å²) in [6, 6.07) is 7.90. The zero-order valence-corrected chi connectivity index (χ0v) is 14.1. The lowest BCUT2D eigenvalue weighted by Gasteiger charge is -2.23. The van der Waals surface area contributed by atoms with E-state index in [1.807, 2.05) is 31.2 Å². The standard InChI is InChI=1S/C18H26O5/c1-4-5-9-15-16(17-18(23-15)22-12(2)21-17)20-11-13-8-6-7-10-14(13)19-3/h6-8,10,12,15-18H,4-5,9,11H2,1-3H3/t12?,15-,16+,17-,18+/m1/s1. The number of rotatable bonds is 7. The van der Waals surface area contributed by atoms with Crippen LogP contribution in [-0.4, -0.2) is 38.0 Å². The van der Waals surface area contributed by atoms with Crippen LogP contribution in [-0.2, 0) is 25.6 Å². The Labute approximate surface area is 137 Å². The number of hydrogen-bond donors (Lipinski definition) is 0. The quantitative estimate of drug-likeness (QED) is 0.771. The third-order valence-corrected chi connectivity index (χ3v) is 4.41. The smallest absolute Gasteiger partial charge is 0.189 e. The van der Waals surface area contributed by atoms with Crippen molar-refractivity contribution in [3.05, 3.63) is 29.8 Å². The fourth-order valence-corrected chi connectivity index (χ4v) is 3.23. The number of ether oxygens (including phenoxy) is 5. The summed E-state index contributed by atoms with van der Waals surface area (Å²) in [6.07, 6.45) is 2.40. The topological polar surface area (TPSA) is 46.2 Å². The molecule has 1 aromatic rings. The molecule has 128 valence electrons. The molecular weight excluding hydrogens is 296 g/mol. The van der Waals surface area contributed by atoms with E-state index in [9.17, 15) is 0 Å². The van der Waals surface area contributed by atoms with Gasteiger partial charge < -0.3 is 23.7 Å². The van der Waals surface area contributed by atoms with Crippen molar-refractivity contribution in [2.45, 2.75) is 70.6 Å². The number of hydrogen-bond acceptors (Lipinski definition) is 5. The molecule has 0 aliphatic carbocycles. The Morgan fingerprint density at radius 2 is 1.96 bits per heavy atom. The van der Waals surface area contributed by atoms with E-state index in [1.54, 1.807) is 7.11 Å². The molecule has 0 bridgehead atoms. The van der Waals surface area contributed by atoms with Crippen molar-refractivity contribution in [1.82, 2.24) is 0 Å². The summed E-state index contributed by atoms with van der Waals surface area (Å²) in [7, 11) is 1.67. The van der Waals surface area contributed by atoms with Crippen molar-refractivity contribution in [1.29, 1.82) is 0 Å². The van der Waals surface area contributed by atoms with E-state index < -0.39 is 0 Å². The lowest BCUT2D eigenvalue weighted by molar-refractivity contribution is -0.169. The highest BCUT2D eigenvalue weighted by Crippen LogP contribution is 2.36. The maximum Gasteiger partial charge on any atom is 0.189 e. The summed E-state index contributed by atoms with van der Waals surface area (Å²) in [5.74, 6) is 0.838. The molecule has 0 N–H and O–H groups in total. The van der Waals surface area contributed by atoms with Gasteiger partial charge in [-0.25, -0.2) is 0 Å². The Kier molecular flexibility index (Phi) is 5.54. The van der Waals surface area contributed by atoms with Crippen LogP contribution in [0.1, 0.15) is 38.7 Å². The van der Waals surface area contributed by atoms with E-state index in [1.165, 1.54) is 0 Å². The van der Waals surface area contributed by atoms with Crippen LogP contribution in [0, 0.1) is 0 Å². The van der Waals surface area contributed by atoms with Crippen LogP contribution in [0.15, 0.2) is 24.3 Å². The molecular formula is C18H26O5. The minimum atomic E-state index is -0.311. The van der Waals surface area contributed by atoms with Crippen LogP contribution in [0.2, 0.25) is 0 Å². The van der Waals surface area contributed by atoms with Crippen molar-refractivity contribution >= 4 is 0 Å². The minimum absolute atomic E-state index is 0.0205. The zero-order chi connectivity index (χ0) is 16.2. The van der Waals surface area contributed by atoms with Crippen LogP contribution in [0.3, 0.4) is 0 Å². The van der Waals surface area contributed by atoms with Crippen LogP contribution >= 0.6 is 0 Å². The van der Waals surface area contributed by atoms with Gasteiger partial charge in [0.2, 0.25) is 0 Å². The summed E-state index contributed by atoms with van der Waals surface area (Å²) in [5, 5.41) is 0. The molecule has 5 atom stereocenters. The van der Waals surface area contributed by atoms with Crippen molar-refractivity contribution in [2.24, 2.45) is 0 Å². The van der Waals surface area contributed by atoms with Gasteiger partial charge in [-0.05, 0) is 19.4 Å². The molecule has 2 aliphatic rings. The Morgan fingerprint density at radius 3 is 2.74 bits per heavy atom. The first-order chi connectivity index (χ1) is 11.2. The molecule has 2 fully saturated rings. The van der Waals surface area contributed by atoms with Gasteiger partial charge in [0.25, 0.3) is 0 Å².